The van der Waals surface area contributed by atoms with Crippen molar-refractivity contribution in [1.29, 1.82) is 0 Å². The van der Waals surface area contributed by atoms with Crippen molar-refractivity contribution in [2.75, 3.05) is 19.0 Å². The molecule has 2 aromatic carbocycles. The molecular weight excluding hydrogens is 286 g/mol. The second kappa shape index (κ2) is 7.12. The highest BCUT2D eigenvalue weighted by molar-refractivity contribution is 5.93. The lowest BCUT2D eigenvalue weighted by molar-refractivity contribution is -0.118. The van der Waals surface area contributed by atoms with E-state index in [-0.39, 0.29) is 17.9 Å². The number of methoxy groups -OCH3 is 1. The molecule has 0 heterocycles. The van der Waals surface area contributed by atoms with Crippen LogP contribution in [0.25, 0.3) is 0 Å². The Labute approximate surface area is 127 Å². The average molecular weight is 301 g/mol. The average Bonchev–Trinajstić information content (AvgIpc) is 2.53. The molecule has 0 aliphatic carbocycles. The summed E-state index contributed by atoms with van der Waals surface area (Å²) in [4.78, 5) is 22.9. The highest BCUT2D eigenvalue weighted by Gasteiger charge is 2.12. The third-order valence-electron chi connectivity index (χ3n) is 2.83. The van der Waals surface area contributed by atoms with Gasteiger partial charge >= 0.3 is 5.97 Å². The summed E-state index contributed by atoms with van der Waals surface area (Å²) in [5.41, 5.74) is 0.580. The van der Waals surface area contributed by atoms with Crippen LogP contribution in [0.4, 0.5) is 5.69 Å². The van der Waals surface area contributed by atoms with Crippen molar-refractivity contribution in [1.82, 2.24) is 0 Å². The van der Waals surface area contributed by atoms with Crippen LogP contribution in [0.2, 0.25) is 0 Å². The van der Waals surface area contributed by atoms with Crippen LogP contribution in [-0.4, -0.2) is 30.7 Å². The number of benzene rings is 2. The van der Waals surface area contributed by atoms with Crippen LogP contribution >= 0.6 is 0 Å². The molecule has 114 valence electrons. The highest BCUT2D eigenvalue weighted by Crippen LogP contribution is 2.19. The molecule has 0 radical (unpaired) electrons. The summed E-state index contributed by atoms with van der Waals surface area (Å²) >= 11 is 0. The number of carboxylic acids is 1. The van der Waals surface area contributed by atoms with E-state index in [1.54, 1.807) is 36.4 Å². The minimum Gasteiger partial charge on any atom is -0.497 e. The summed E-state index contributed by atoms with van der Waals surface area (Å²) in [6.45, 7) is -0.290. The monoisotopic (exact) mass is 301 g/mol. The van der Waals surface area contributed by atoms with Gasteiger partial charge in [0.15, 0.2) is 6.61 Å². The van der Waals surface area contributed by atoms with E-state index in [2.05, 4.69) is 5.32 Å². The van der Waals surface area contributed by atoms with E-state index in [9.17, 15) is 9.59 Å². The minimum atomic E-state index is -1.11. The Kier molecular flexibility index (Phi) is 4.98. The second-order valence-corrected chi connectivity index (χ2v) is 4.37. The van der Waals surface area contributed by atoms with E-state index < -0.39 is 11.9 Å². The number of aromatic carboxylic acids is 1. The maximum atomic E-state index is 11.8. The maximum Gasteiger partial charge on any atom is 0.339 e. The molecule has 0 unspecified atom stereocenters. The van der Waals surface area contributed by atoms with Crippen molar-refractivity contribution in [2.24, 2.45) is 0 Å². The third-order valence-corrected chi connectivity index (χ3v) is 2.83. The molecule has 0 aliphatic rings. The number of hydrogen-bond acceptors (Lipinski definition) is 4. The van der Waals surface area contributed by atoms with Gasteiger partial charge in [0.25, 0.3) is 5.91 Å². The van der Waals surface area contributed by atoms with Gasteiger partial charge in [0.1, 0.15) is 17.1 Å². The first-order chi connectivity index (χ1) is 10.6. The summed E-state index contributed by atoms with van der Waals surface area (Å²) in [6.07, 6.45) is 0. The fraction of sp³-hybridized carbons (Fsp3) is 0.125. The number of amides is 1. The fourth-order valence-corrected chi connectivity index (χ4v) is 1.81. The molecule has 2 N–H and O–H groups in total. The molecule has 2 aromatic rings. The molecular formula is C16H15NO5. The molecule has 0 aliphatic heterocycles. The van der Waals surface area contributed by atoms with Gasteiger partial charge in [-0.2, -0.15) is 0 Å². The lowest BCUT2D eigenvalue weighted by atomic mass is 10.2. The summed E-state index contributed by atoms with van der Waals surface area (Å²) in [5, 5.41) is 11.7. The minimum absolute atomic E-state index is 0.0108. The largest absolute Gasteiger partial charge is 0.497 e. The third kappa shape index (κ3) is 3.99. The molecule has 1 amide bonds. The topological polar surface area (TPSA) is 84.9 Å². The van der Waals surface area contributed by atoms with E-state index in [0.717, 1.165) is 0 Å². The molecule has 6 nitrogen and oxygen atoms in total. The van der Waals surface area contributed by atoms with Gasteiger partial charge in [0, 0.05) is 11.8 Å². The summed E-state index contributed by atoms with van der Waals surface area (Å²) < 4.78 is 10.3. The standard InChI is InChI=1S/C16H15NO5/c1-21-12-6-4-5-11(9-12)17-15(18)10-22-14-8-3-2-7-13(14)16(19)20/h2-9H,10H2,1H3,(H,17,18)(H,19,20). The zero-order valence-electron chi connectivity index (χ0n) is 11.9. The molecule has 0 fully saturated rings. The number of nitrogens with one attached hydrogen (secondary N) is 1. The molecule has 22 heavy (non-hydrogen) atoms. The van der Waals surface area contributed by atoms with Crippen molar-refractivity contribution in [2.45, 2.75) is 0 Å². The van der Waals surface area contributed by atoms with Crippen molar-refractivity contribution >= 4 is 17.6 Å². The predicted octanol–water partition coefficient (Wildman–Crippen LogP) is 2.41. The Hall–Kier alpha value is -3.02. The Morgan fingerprint density at radius 1 is 1.14 bits per heavy atom. The first-order valence-electron chi connectivity index (χ1n) is 6.49. The number of carbonyl (C=O) groups is 2. The van der Waals surface area contributed by atoms with Crippen LogP contribution in [0.1, 0.15) is 10.4 Å². The van der Waals surface area contributed by atoms with Crippen molar-refractivity contribution in [3.8, 4) is 11.5 Å². The highest BCUT2D eigenvalue weighted by atomic mass is 16.5. The van der Waals surface area contributed by atoms with Gasteiger partial charge in [0.05, 0.1) is 7.11 Å². The molecule has 0 aromatic heterocycles. The number of para-hydroxylation sites is 1. The fourth-order valence-electron chi connectivity index (χ4n) is 1.81. The number of ether oxygens (including phenoxy) is 2. The van der Waals surface area contributed by atoms with Gasteiger partial charge < -0.3 is 19.9 Å². The van der Waals surface area contributed by atoms with Crippen LogP contribution in [-0.2, 0) is 4.79 Å². The molecule has 6 heteroatoms. The van der Waals surface area contributed by atoms with E-state index in [1.165, 1.54) is 19.2 Å². The molecule has 0 atom stereocenters. The number of anilines is 1. The molecule has 0 bridgehead atoms. The van der Waals surface area contributed by atoms with E-state index in [1.807, 2.05) is 0 Å². The van der Waals surface area contributed by atoms with Gasteiger partial charge in [-0.3, -0.25) is 4.79 Å². The van der Waals surface area contributed by atoms with Crippen LogP contribution in [0.15, 0.2) is 48.5 Å². The quantitative estimate of drug-likeness (QED) is 0.856. The van der Waals surface area contributed by atoms with Gasteiger partial charge in [-0.15, -0.1) is 0 Å². The molecule has 0 saturated carbocycles. The van der Waals surface area contributed by atoms with Gasteiger partial charge in [0.2, 0.25) is 0 Å². The zero-order valence-corrected chi connectivity index (χ0v) is 11.9. The lowest BCUT2D eigenvalue weighted by Crippen LogP contribution is -2.20. The smallest absolute Gasteiger partial charge is 0.339 e. The van der Waals surface area contributed by atoms with Gasteiger partial charge in [-0.1, -0.05) is 18.2 Å². The Morgan fingerprint density at radius 2 is 1.91 bits per heavy atom. The van der Waals surface area contributed by atoms with E-state index in [0.29, 0.717) is 11.4 Å². The first-order valence-corrected chi connectivity index (χ1v) is 6.49. The van der Waals surface area contributed by atoms with E-state index >= 15 is 0 Å². The summed E-state index contributed by atoms with van der Waals surface area (Å²) in [7, 11) is 1.53. The molecule has 0 spiro atoms. The predicted molar refractivity (Wildman–Crippen MR) is 80.5 cm³/mol. The van der Waals surface area contributed by atoms with Crippen molar-refractivity contribution in [3.05, 3.63) is 54.1 Å². The lowest BCUT2D eigenvalue weighted by Gasteiger charge is -2.10. The SMILES string of the molecule is COc1cccc(NC(=O)COc2ccccc2C(=O)O)c1. The van der Waals surface area contributed by atoms with Gasteiger partial charge in [-0.25, -0.2) is 4.79 Å². The molecule has 0 saturated heterocycles. The number of rotatable bonds is 6. The Morgan fingerprint density at radius 3 is 2.64 bits per heavy atom. The van der Waals surface area contributed by atoms with Crippen LogP contribution < -0.4 is 14.8 Å². The van der Waals surface area contributed by atoms with Gasteiger partial charge in [-0.05, 0) is 24.3 Å². The molecule has 2 rings (SSSR count). The number of carbonyl (C=O) groups excluding carboxylic acids is 1. The number of carboxylic acid groups (broad SMARTS) is 1. The second-order valence-electron chi connectivity index (χ2n) is 4.37. The van der Waals surface area contributed by atoms with Crippen molar-refractivity contribution < 1.29 is 24.2 Å². The van der Waals surface area contributed by atoms with E-state index in [4.69, 9.17) is 14.6 Å². The van der Waals surface area contributed by atoms with Crippen molar-refractivity contribution in [3.63, 3.8) is 0 Å². The Balaban J connectivity index is 1.97. The Bertz CT molecular complexity index is 684. The first kappa shape index (κ1) is 15.4. The van der Waals surface area contributed by atoms with Crippen LogP contribution in [0.5, 0.6) is 11.5 Å². The number of hydrogen-bond donors (Lipinski definition) is 2. The van der Waals surface area contributed by atoms with Crippen LogP contribution in [0.3, 0.4) is 0 Å². The summed E-state index contributed by atoms with van der Waals surface area (Å²) in [5.74, 6) is -0.733. The maximum absolute atomic E-state index is 11.8. The zero-order chi connectivity index (χ0) is 15.9. The van der Waals surface area contributed by atoms with Crippen LogP contribution in [0, 0.1) is 0 Å². The normalized spacial score (nSPS) is 9.86. The summed E-state index contributed by atoms with van der Waals surface area (Å²) in [6, 6.07) is 13.0.